The van der Waals surface area contributed by atoms with Crippen LogP contribution in [0.2, 0.25) is 0 Å². The smallest absolute Gasteiger partial charge is 0.136 e. The summed E-state index contributed by atoms with van der Waals surface area (Å²) in [6.45, 7) is 2.26. The quantitative estimate of drug-likeness (QED) is 0.646. The van der Waals surface area contributed by atoms with Crippen LogP contribution in [0.25, 0.3) is 0 Å². The van der Waals surface area contributed by atoms with Gasteiger partial charge in [-0.1, -0.05) is 13.3 Å². The average Bonchev–Trinajstić information content (AvgIpc) is 2.72. The lowest BCUT2D eigenvalue weighted by atomic mass is 9.97. The molecular formula is C11H18OS. The molecule has 0 spiro atoms. The summed E-state index contributed by atoms with van der Waals surface area (Å²) < 4.78 is 0.0363. The first-order chi connectivity index (χ1) is 6.29. The van der Waals surface area contributed by atoms with Gasteiger partial charge in [-0.2, -0.15) is 0 Å². The van der Waals surface area contributed by atoms with Gasteiger partial charge in [-0.25, -0.2) is 0 Å². The van der Waals surface area contributed by atoms with Gasteiger partial charge in [-0.05, 0) is 43.3 Å². The van der Waals surface area contributed by atoms with Crippen molar-refractivity contribution in [3.8, 4) is 0 Å². The summed E-state index contributed by atoms with van der Waals surface area (Å²) in [6, 6.07) is 0. The Bertz CT molecular complexity index is 196. The fourth-order valence-electron chi connectivity index (χ4n) is 2.53. The van der Waals surface area contributed by atoms with Gasteiger partial charge in [0, 0.05) is 0 Å². The van der Waals surface area contributed by atoms with E-state index >= 15 is 0 Å². The molecule has 2 aliphatic rings. The first-order valence-corrected chi connectivity index (χ1v) is 6.38. The summed E-state index contributed by atoms with van der Waals surface area (Å²) in [5.74, 6) is 3.02. The summed E-state index contributed by atoms with van der Waals surface area (Å²) >= 11 is 1.90. The number of hydrogen-bond donors (Lipinski definition) is 0. The first kappa shape index (κ1) is 9.57. The van der Waals surface area contributed by atoms with Gasteiger partial charge in [0.1, 0.15) is 6.29 Å². The zero-order valence-electron chi connectivity index (χ0n) is 8.29. The Hall–Kier alpha value is 0.0200. The topological polar surface area (TPSA) is 17.1 Å². The second kappa shape index (κ2) is 3.64. The van der Waals surface area contributed by atoms with Crippen molar-refractivity contribution in [3.05, 3.63) is 0 Å². The van der Waals surface area contributed by atoms with Crippen LogP contribution in [-0.2, 0) is 4.79 Å². The van der Waals surface area contributed by atoms with Gasteiger partial charge < -0.3 is 4.79 Å². The van der Waals surface area contributed by atoms with Crippen LogP contribution >= 0.6 is 11.8 Å². The predicted octanol–water partition coefficient (Wildman–Crippen LogP) is 2.89. The molecule has 2 fully saturated rings. The summed E-state index contributed by atoms with van der Waals surface area (Å²) in [7, 11) is 0. The van der Waals surface area contributed by atoms with Gasteiger partial charge in [-0.3, -0.25) is 0 Å². The van der Waals surface area contributed by atoms with E-state index in [0.29, 0.717) is 0 Å². The summed E-state index contributed by atoms with van der Waals surface area (Å²) in [4.78, 5) is 11.1. The molecule has 0 aromatic rings. The molecular weight excluding hydrogens is 180 g/mol. The molecule has 0 radical (unpaired) electrons. The number of hydrogen-bond acceptors (Lipinski definition) is 2. The molecule has 1 saturated carbocycles. The largest absolute Gasteiger partial charge is 0.302 e. The number of aldehydes is 1. The van der Waals surface area contributed by atoms with Crippen molar-refractivity contribution in [1.82, 2.24) is 0 Å². The third kappa shape index (κ3) is 1.93. The average molecular weight is 198 g/mol. The van der Waals surface area contributed by atoms with Gasteiger partial charge in [-0.15, -0.1) is 11.8 Å². The second-order valence-electron chi connectivity index (χ2n) is 4.50. The molecule has 2 heteroatoms. The maximum absolute atomic E-state index is 11.1. The number of rotatable bonds is 4. The Labute approximate surface area is 84.7 Å². The van der Waals surface area contributed by atoms with E-state index in [0.717, 1.165) is 18.3 Å². The SMILES string of the molecule is CCC1CC1CC1(C=O)CCCS1. The van der Waals surface area contributed by atoms with Crippen LogP contribution in [0.5, 0.6) is 0 Å². The van der Waals surface area contributed by atoms with E-state index in [9.17, 15) is 4.79 Å². The minimum Gasteiger partial charge on any atom is -0.302 e. The number of carbonyl (C=O) groups is 1. The van der Waals surface area contributed by atoms with E-state index in [4.69, 9.17) is 0 Å². The van der Waals surface area contributed by atoms with Gasteiger partial charge in [0.2, 0.25) is 0 Å². The molecule has 1 aliphatic carbocycles. The van der Waals surface area contributed by atoms with Gasteiger partial charge in [0.05, 0.1) is 4.75 Å². The molecule has 1 saturated heterocycles. The summed E-state index contributed by atoms with van der Waals surface area (Å²) in [5, 5.41) is 0. The highest BCUT2D eigenvalue weighted by molar-refractivity contribution is 8.01. The van der Waals surface area contributed by atoms with E-state index in [1.54, 1.807) is 0 Å². The number of carbonyl (C=O) groups excluding carboxylic acids is 1. The van der Waals surface area contributed by atoms with Crippen molar-refractivity contribution in [2.45, 2.75) is 43.8 Å². The fraction of sp³-hybridized carbons (Fsp3) is 0.909. The molecule has 13 heavy (non-hydrogen) atoms. The molecule has 74 valence electrons. The number of thioether (sulfide) groups is 1. The van der Waals surface area contributed by atoms with Crippen LogP contribution in [-0.4, -0.2) is 16.8 Å². The van der Waals surface area contributed by atoms with E-state index < -0.39 is 0 Å². The zero-order valence-corrected chi connectivity index (χ0v) is 9.11. The molecule has 3 unspecified atom stereocenters. The van der Waals surface area contributed by atoms with Crippen molar-refractivity contribution >= 4 is 18.0 Å². The molecule has 0 aromatic heterocycles. The minimum absolute atomic E-state index is 0.0363. The van der Waals surface area contributed by atoms with E-state index in [-0.39, 0.29) is 4.75 Å². The van der Waals surface area contributed by atoms with Crippen molar-refractivity contribution in [2.75, 3.05) is 5.75 Å². The Morgan fingerprint density at radius 2 is 2.38 bits per heavy atom. The van der Waals surface area contributed by atoms with Crippen LogP contribution in [0.4, 0.5) is 0 Å². The van der Waals surface area contributed by atoms with Gasteiger partial charge >= 0.3 is 0 Å². The van der Waals surface area contributed by atoms with Crippen molar-refractivity contribution in [3.63, 3.8) is 0 Å². The van der Waals surface area contributed by atoms with Gasteiger partial charge in [0.25, 0.3) is 0 Å². The lowest BCUT2D eigenvalue weighted by Gasteiger charge is -2.20. The van der Waals surface area contributed by atoms with E-state index in [1.807, 2.05) is 11.8 Å². The van der Waals surface area contributed by atoms with Crippen LogP contribution in [0.1, 0.15) is 39.0 Å². The predicted molar refractivity (Wildman–Crippen MR) is 57.0 cm³/mol. The first-order valence-electron chi connectivity index (χ1n) is 5.40. The fourth-order valence-corrected chi connectivity index (χ4v) is 3.91. The third-order valence-electron chi connectivity index (χ3n) is 3.55. The van der Waals surface area contributed by atoms with Crippen molar-refractivity contribution in [2.24, 2.45) is 11.8 Å². The molecule has 0 amide bonds. The molecule has 1 heterocycles. The molecule has 0 bridgehead atoms. The zero-order chi connectivity index (χ0) is 9.31. The van der Waals surface area contributed by atoms with Crippen molar-refractivity contribution < 1.29 is 4.79 Å². The highest BCUT2D eigenvalue weighted by Crippen LogP contribution is 2.51. The maximum atomic E-state index is 11.1. The molecule has 3 atom stereocenters. The third-order valence-corrected chi connectivity index (χ3v) is 5.08. The lowest BCUT2D eigenvalue weighted by Crippen LogP contribution is -2.23. The van der Waals surface area contributed by atoms with Crippen LogP contribution in [0, 0.1) is 11.8 Å². The minimum atomic E-state index is 0.0363. The monoisotopic (exact) mass is 198 g/mol. The lowest BCUT2D eigenvalue weighted by molar-refractivity contribution is -0.110. The molecule has 0 aromatic carbocycles. The molecule has 1 nitrogen and oxygen atoms in total. The highest BCUT2D eigenvalue weighted by atomic mass is 32.2. The van der Waals surface area contributed by atoms with Crippen LogP contribution < -0.4 is 0 Å². The second-order valence-corrected chi connectivity index (χ2v) is 6.01. The standard InChI is InChI=1S/C11H18OS/c1-2-9-6-10(9)7-11(8-12)4-3-5-13-11/h8-10H,2-7H2,1H3. The Kier molecular flexibility index (Phi) is 2.68. The molecule has 1 aliphatic heterocycles. The summed E-state index contributed by atoms with van der Waals surface area (Å²) in [5.41, 5.74) is 0. The Balaban J connectivity index is 1.88. The molecule has 2 rings (SSSR count). The van der Waals surface area contributed by atoms with Crippen LogP contribution in [0.15, 0.2) is 0 Å². The maximum Gasteiger partial charge on any atom is 0.136 e. The van der Waals surface area contributed by atoms with Crippen molar-refractivity contribution in [1.29, 1.82) is 0 Å². The summed E-state index contributed by atoms with van der Waals surface area (Å²) in [6.07, 6.45) is 7.47. The van der Waals surface area contributed by atoms with E-state index in [1.165, 1.54) is 37.7 Å². The Morgan fingerprint density at radius 3 is 2.85 bits per heavy atom. The van der Waals surface area contributed by atoms with E-state index in [2.05, 4.69) is 6.92 Å². The Morgan fingerprint density at radius 1 is 1.54 bits per heavy atom. The highest BCUT2D eigenvalue weighted by Gasteiger charge is 2.44. The normalized spacial score (nSPS) is 43.5. The molecule has 0 N–H and O–H groups in total. The van der Waals surface area contributed by atoms with Crippen LogP contribution in [0.3, 0.4) is 0 Å². The van der Waals surface area contributed by atoms with Gasteiger partial charge in [0.15, 0.2) is 0 Å².